The molecule has 5 heteroatoms. The van der Waals surface area contributed by atoms with Crippen molar-refractivity contribution < 1.29 is 24.9 Å². The van der Waals surface area contributed by atoms with Crippen molar-refractivity contribution in [3.8, 4) is 0 Å². The van der Waals surface area contributed by atoms with Crippen molar-refractivity contribution in [3.63, 3.8) is 0 Å². The van der Waals surface area contributed by atoms with Gasteiger partial charge >= 0.3 is 11.9 Å². The van der Waals surface area contributed by atoms with Crippen LogP contribution in [0.3, 0.4) is 0 Å². The van der Waals surface area contributed by atoms with Gasteiger partial charge in [0.25, 0.3) is 0 Å². The van der Waals surface area contributed by atoms with Crippen LogP contribution >= 0.6 is 0 Å². The van der Waals surface area contributed by atoms with Crippen LogP contribution in [0, 0.1) is 44.8 Å². The predicted octanol–water partition coefficient (Wildman–Crippen LogP) is 6.47. The average molecular weight is 487 g/mol. The van der Waals surface area contributed by atoms with Crippen LogP contribution < -0.4 is 0 Å². The molecule has 0 radical (unpaired) electrons. The Hall–Kier alpha value is -1.62. The van der Waals surface area contributed by atoms with E-state index in [0.717, 1.165) is 57.8 Å². The number of aliphatic hydroxyl groups is 1. The monoisotopic (exact) mass is 486 g/mol. The van der Waals surface area contributed by atoms with Crippen molar-refractivity contribution in [3.05, 3.63) is 23.8 Å². The van der Waals surface area contributed by atoms with Gasteiger partial charge in [0.05, 0.1) is 5.41 Å². The van der Waals surface area contributed by atoms with Crippen molar-refractivity contribution in [1.82, 2.24) is 0 Å². The number of allylic oxidation sites excluding steroid dienone is 2. The summed E-state index contributed by atoms with van der Waals surface area (Å²) in [6, 6.07) is 0. The molecule has 0 bridgehead atoms. The molecule has 0 aromatic rings. The summed E-state index contributed by atoms with van der Waals surface area (Å²) >= 11 is 0. The van der Waals surface area contributed by atoms with Gasteiger partial charge in [0.15, 0.2) is 0 Å². The van der Waals surface area contributed by atoms with E-state index in [-0.39, 0.29) is 46.0 Å². The Morgan fingerprint density at radius 2 is 1.69 bits per heavy atom. The zero-order valence-corrected chi connectivity index (χ0v) is 22.5. The van der Waals surface area contributed by atoms with E-state index in [2.05, 4.69) is 47.3 Å². The molecule has 0 aliphatic heterocycles. The van der Waals surface area contributed by atoms with Crippen molar-refractivity contribution in [2.45, 2.75) is 98.8 Å². The zero-order chi connectivity index (χ0) is 26.0. The maximum absolute atomic E-state index is 12.7. The highest BCUT2D eigenvalue weighted by atomic mass is 16.4. The summed E-state index contributed by atoms with van der Waals surface area (Å²) in [5.41, 5.74) is 0.717. The number of carboxylic acid groups (broad SMARTS) is 2. The molecule has 0 heterocycles. The molecule has 35 heavy (non-hydrogen) atoms. The number of fused-ring (bicyclic) bond motifs is 5. The van der Waals surface area contributed by atoms with E-state index >= 15 is 0 Å². The molecule has 5 nitrogen and oxygen atoms in total. The molecular weight excluding hydrogens is 440 g/mol. The first-order valence-electron chi connectivity index (χ1n) is 13.7. The quantitative estimate of drug-likeness (QED) is 0.296. The van der Waals surface area contributed by atoms with Gasteiger partial charge in [-0.2, -0.15) is 0 Å². The lowest BCUT2D eigenvalue weighted by Gasteiger charge is -2.68. The first-order chi connectivity index (χ1) is 16.2. The van der Waals surface area contributed by atoms with E-state index < -0.39 is 17.4 Å². The van der Waals surface area contributed by atoms with Crippen LogP contribution in [0.1, 0.15) is 98.8 Å². The molecule has 0 saturated heterocycles. The van der Waals surface area contributed by atoms with E-state index in [1.54, 1.807) is 0 Å². The summed E-state index contributed by atoms with van der Waals surface area (Å²) in [5, 5.41) is 30.0. The minimum absolute atomic E-state index is 0.0528. The lowest BCUT2D eigenvalue weighted by Crippen LogP contribution is -2.62. The van der Waals surface area contributed by atoms with Gasteiger partial charge in [0.2, 0.25) is 0 Å². The Kier molecular flexibility index (Phi) is 6.39. The largest absolute Gasteiger partial charge is 0.481 e. The molecule has 3 saturated carbocycles. The number of hydrogen-bond acceptors (Lipinski definition) is 3. The maximum atomic E-state index is 12.7. The van der Waals surface area contributed by atoms with Crippen LogP contribution in [0.4, 0.5) is 0 Å². The SMILES string of the molecule is C=C(C(=O)O)[C@@H]1CC[C@]2(C)C(CC=C3[C@@H]4CC(C)(C)CC[C@]4(C(=O)O)CC[C@]32C)[C@@]1(C)CCCO. The molecule has 4 aliphatic rings. The van der Waals surface area contributed by atoms with Crippen LogP contribution in [0.5, 0.6) is 0 Å². The second-order valence-corrected chi connectivity index (χ2v) is 13.8. The summed E-state index contributed by atoms with van der Waals surface area (Å²) in [6.07, 6.45) is 10.6. The molecule has 196 valence electrons. The molecule has 1 unspecified atom stereocenters. The first-order valence-corrected chi connectivity index (χ1v) is 13.7. The number of rotatable bonds is 6. The number of carboxylic acids is 2. The molecule has 0 aromatic heterocycles. The molecule has 3 fully saturated rings. The van der Waals surface area contributed by atoms with Gasteiger partial charge in [0, 0.05) is 12.2 Å². The molecule has 0 spiro atoms. The minimum atomic E-state index is -0.916. The Labute approximate surface area is 211 Å². The third-order valence-electron chi connectivity index (χ3n) is 11.9. The standard InChI is InChI=1S/C30H46O5/c1-19(24(32)33)20-10-12-29(6)23(27(20,4)11-7-17-31)9-8-21-22-18-26(2,3)13-15-30(22,25(34)35)16-14-28(21,29)5/h8,20,22-23,31H,1,7,9-18H2,2-6H3,(H,32,33)(H,34,35)/t20-,22-,23?,27-,28+,29+,30-/m0/s1. The van der Waals surface area contributed by atoms with Crippen molar-refractivity contribution >= 4 is 11.9 Å². The predicted molar refractivity (Wildman–Crippen MR) is 137 cm³/mol. The van der Waals surface area contributed by atoms with E-state index in [4.69, 9.17) is 0 Å². The lowest BCUT2D eigenvalue weighted by molar-refractivity contribution is -0.172. The molecule has 3 N–H and O–H groups in total. The van der Waals surface area contributed by atoms with Crippen molar-refractivity contribution in [2.75, 3.05) is 6.61 Å². The third kappa shape index (κ3) is 3.66. The van der Waals surface area contributed by atoms with Gasteiger partial charge in [-0.1, -0.05) is 52.8 Å². The van der Waals surface area contributed by atoms with Crippen molar-refractivity contribution in [2.24, 2.45) is 44.8 Å². The second-order valence-electron chi connectivity index (χ2n) is 13.8. The topological polar surface area (TPSA) is 94.8 Å². The maximum Gasteiger partial charge on any atom is 0.331 e. The van der Waals surface area contributed by atoms with Crippen LogP contribution in [-0.2, 0) is 9.59 Å². The summed E-state index contributed by atoms with van der Waals surface area (Å²) in [4.78, 5) is 24.7. The fourth-order valence-electron chi connectivity index (χ4n) is 9.52. The Bertz CT molecular complexity index is 948. The molecular formula is C30H46O5. The van der Waals surface area contributed by atoms with Crippen LogP contribution in [-0.4, -0.2) is 33.9 Å². The molecule has 7 atom stereocenters. The van der Waals surface area contributed by atoms with Gasteiger partial charge in [-0.15, -0.1) is 0 Å². The van der Waals surface area contributed by atoms with Gasteiger partial charge in [-0.25, -0.2) is 4.79 Å². The lowest BCUT2D eigenvalue weighted by atomic mass is 9.35. The van der Waals surface area contributed by atoms with Crippen molar-refractivity contribution in [1.29, 1.82) is 0 Å². The molecule has 4 aliphatic carbocycles. The summed E-state index contributed by atoms with van der Waals surface area (Å²) < 4.78 is 0. The minimum Gasteiger partial charge on any atom is -0.481 e. The highest BCUT2D eigenvalue weighted by Gasteiger charge is 2.67. The summed E-state index contributed by atoms with van der Waals surface area (Å²) in [7, 11) is 0. The van der Waals surface area contributed by atoms with Crippen LogP contribution in [0.15, 0.2) is 23.8 Å². The normalized spacial score (nSPS) is 44.3. The number of carbonyl (C=O) groups is 2. The Morgan fingerprint density at radius 3 is 2.29 bits per heavy atom. The smallest absolute Gasteiger partial charge is 0.331 e. The average Bonchev–Trinajstić information content (AvgIpc) is 2.77. The molecule has 4 rings (SSSR count). The highest BCUT2D eigenvalue weighted by molar-refractivity contribution is 5.86. The summed E-state index contributed by atoms with van der Waals surface area (Å²) in [6.45, 7) is 15.7. The van der Waals surface area contributed by atoms with Gasteiger partial charge in [0.1, 0.15) is 0 Å². The first kappa shape index (κ1) is 26.4. The van der Waals surface area contributed by atoms with E-state index in [9.17, 15) is 24.9 Å². The van der Waals surface area contributed by atoms with Gasteiger partial charge < -0.3 is 15.3 Å². The van der Waals surface area contributed by atoms with E-state index in [0.29, 0.717) is 12.0 Å². The molecule has 0 amide bonds. The fourth-order valence-corrected chi connectivity index (χ4v) is 9.52. The van der Waals surface area contributed by atoms with Gasteiger partial charge in [-0.05, 0) is 104 Å². The Morgan fingerprint density at radius 1 is 1.03 bits per heavy atom. The number of aliphatic hydroxyl groups excluding tert-OH is 1. The molecule has 0 aromatic carbocycles. The van der Waals surface area contributed by atoms with Gasteiger partial charge in [-0.3, -0.25) is 4.79 Å². The van der Waals surface area contributed by atoms with Crippen LogP contribution in [0.25, 0.3) is 0 Å². The summed E-state index contributed by atoms with van der Waals surface area (Å²) in [5.74, 6) is -1.32. The number of aliphatic carboxylic acids is 2. The highest BCUT2D eigenvalue weighted by Crippen LogP contribution is 2.74. The van der Waals surface area contributed by atoms with E-state index in [1.807, 2.05) is 0 Å². The van der Waals surface area contributed by atoms with Crippen LogP contribution in [0.2, 0.25) is 0 Å². The Balaban J connectivity index is 1.82. The fraction of sp³-hybridized carbons (Fsp3) is 0.800. The third-order valence-corrected chi connectivity index (χ3v) is 11.9. The number of hydrogen-bond donors (Lipinski definition) is 3. The zero-order valence-electron chi connectivity index (χ0n) is 22.5. The second kappa shape index (κ2) is 8.46. The van der Waals surface area contributed by atoms with E-state index in [1.165, 1.54) is 5.57 Å².